The van der Waals surface area contributed by atoms with Crippen LogP contribution >= 0.6 is 27.5 Å². The van der Waals surface area contributed by atoms with Crippen molar-refractivity contribution in [3.8, 4) is 0 Å². The van der Waals surface area contributed by atoms with Crippen molar-refractivity contribution in [3.63, 3.8) is 0 Å². The van der Waals surface area contributed by atoms with Crippen LogP contribution in [0.3, 0.4) is 0 Å². The average molecular weight is 344 g/mol. The van der Waals surface area contributed by atoms with Gasteiger partial charge in [-0.15, -0.1) is 0 Å². The quantitative estimate of drug-likeness (QED) is 0.846. The van der Waals surface area contributed by atoms with E-state index in [2.05, 4.69) is 15.9 Å². The Balaban J connectivity index is 2.23. The van der Waals surface area contributed by atoms with E-state index in [0.29, 0.717) is 5.56 Å². The molecule has 0 fully saturated rings. The third-order valence-electron chi connectivity index (χ3n) is 3.01. The Bertz CT molecular complexity index is 601. The van der Waals surface area contributed by atoms with Gasteiger partial charge in [-0.25, -0.2) is 4.39 Å². The summed E-state index contributed by atoms with van der Waals surface area (Å²) in [4.78, 5) is 0. The molecule has 0 bridgehead atoms. The smallest absolute Gasteiger partial charge is 0.142 e. The molecule has 0 saturated heterocycles. The minimum Gasteiger partial charge on any atom is -0.388 e. The molecule has 1 N–H and O–H groups in total. The van der Waals surface area contributed by atoms with Gasteiger partial charge in [-0.1, -0.05) is 51.8 Å². The monoisotopic (exact) mass is 342 g/mol. The Morgan fingerprint density at radius 3 is 2.74 bits per heavy atom. The topological polar surface area (TPSA) is 20.2 Å². The van der Waals surface area contributed by atoms with Crippen LogP contribution in [-0.2, 0) is 6.42 Å². The second kappa shape index (κ2) is 6.04. The summed E-state index contributed by atoms with van der Waals surface area (Å²) in [6.45, 7) is 1.95. The van der Waals surface area contributed by atoms with E-state index in [9.17, 15) is 9.50 Å². The molecule has 0 aliphatic heterocycles. The lowest BCUT2D eigenvalue weighted by Crippen LogP contribution is -2.03. The van der Waals surface area contributed by atoms with Gasteiger partial charge >= 0.3 is 0 Å². The van der Waals surface area contributed by atoms with Crippen LogP contribution in [0.2, 0.25) is 5.02 Å². The maximum Gasteiger partial charge on any atom is 0.142 e. The van der Waals surface area contributed by atoms with Gasteiger partial charge in [0.15, 0.2) is 0 Å². The highest BCUT2D eigenvalue weighted by Crippen LogP contribution is 2.27. The highest BCUT2D eigenvalue weighted by molar-refractivity contribution is 9.10. The van der Waals surface area contributed by atoms with Crippen LogP contribution in [0.5, 0.6) is 0 Å². The minimum absolute atomic E-state index is 0.0791. The van der Waals surface area contributed by atoms with Crippen LogP contribution in [0.25, 0.3) is 0 Å². The summed E-state index contributed by atoms with van der Waals surface area (Å²) in [6.07, 6.45) is -0.413. The van der Waals surface area contributed by atoms with Crippen LogP contribution in [0.15, 0.2) is 40.9 Å². The minimum atomic E-state index is -0.703. The molecule has 4 heteroatoms. The van der Waals surface area contributed by atoms with Crippen LogP contribution in [-0.4, -0.2) is 5.11 Å². The Hall–Kier alpha value is -0.900. The van der Waals surface area contributed by atoms with E-state index in [4.69, 9.17) is 11.6 Å². The second-order valence-electron chi connectivity index (χ2n) is 4.44. The van der Waals surface area contributed by atoms with Gasteiger partial charge in [0.25, 0.3) is 0 Å². The molecule has 0 aliphatic rings. The highest BCUT2D eigenvalue weighted by atomic mass is 79.9. The van der Waals surface area contributed by atoms with E-state index in [1.165, 1.54) is 6.07 Å². The number of hydrogen-bond donors (Lipinski definition) is 1. The van der Waals surface area contributed by atoms with E-state index in [-0.39, 0.29) is 11.4 Å². The zero-order valence-electron chi connectivity index (χ0n) is 10.3. The van der Waals surface area contributed by atoms with Crippen molar-refractivity contribution in [2.24, 2.45) is 0 Å². The molecular formula is C15H13BrClFO. The number of aryl methyl sites for hydroxylation is 1. The lowest BCUT2D eigenvalue weighted by molar-refractivity contribution is 0.178. The summed E-state index contributed by atoms with van der Waals surface area (Å²) in [6, 6.07) is 10.3. The van der Waals surface area contributed by atoms with E-state index in [0.717, 1.165) is 15.6 Å². The van der Waals surface area contributed by atoms with E-state index < -0.39 is 11.9 Å². The van der Waals surface area contributed by atoms with Crippen LogP contribution in [0.1, 0.15) is 22.8 Å². The molecule has 2 aromatic carbocycles. The molecule has 100 valence electrons. The van der Waals surface area contributed by atoms with Crippen molar-refractivity contribution in [1.29, 1.82) is 0 Å². The van der Waals surface area contributed by atoms with Crippen LogP contribution in [0.4, 0.5) is 4.39 Å². The summed E-state index contributed by atoms with van der Waals surface area (Å²) in [5, 5.41) is 10.3. The Morgan fingerprint density at radius 2 is 2.05 bits per heavy atom. The van der Waals surface area contributed by atoms with Crippen LogP contribution < -0.4 is 0 Å². The van der Waals surface area contributed by atoms with Gasteiger partial charge in [-0.05, 0) is 35.7 Å². The van der Waals surface area contributed by atoms with Gasteiger partial charge in [0.1, 0.15) is 5.82 Å². The first kappa shape index (κ1) is 14.5. The Kier molecular flexibility index (Phi) is 4.61. The van der Waals surface area contributed by atoms with Gasteiger partial charge in [-0.2, -0.15) is 0 Å². The van der Waals surface area contributed by atoms with Gasteiger partial charge < -0.3 is 5.11 Å². The van der Waals surface area contributed by atoms with Gasteiger partial charge in [0, 0.05) is 10.9 Å². The average Bonchev–Trinajstić information content (AvgIpc) is 2.38. The third kappa shape index (κ3) is 3.35. The number of aliphatic hydroxyl groups is 1. The number of rotatable bonds is 3. The lowest BCUT2D eigenvalue weighted by atomic mass is 10.00. The van der Waals surface area contributed by atoms with E-state index in [1.54, 1.807) is 12.1 Å². The van der Waals surface area contributed by atoms with Crippen molar-refractivity contribution in [2.75, 3.05) is 0 Å². The summed E-state index contributed by atoms with van der Waals surface area (Å²) < 4.78 is 14.3. The van der Waals surface area contributed by atoms with Crippen molar-refractivity contribution in [2.45, 2.75) is 19.4 Å². The molecule has 2 aromatic rings. The zero-order valence-corrected chi connectivity index (χ0v) is 12.7. The first-order valence-corrected chi connectivity index (χ1v) is 7.03. The lowest BCUT2D eigenvalue weighted by Gasteiger charge is -2.13. The summed E-state index contributed by atoms with van der Waals surface area (Å²) in [7, 11) is 0. The molecule has 0 aliphatic carbocycles. The number of hydrogen-bond acceptors (Lipinski definition) is 1. The number of benzene rings is 2. The van der Waals surface area contributed by atoms with Crippen molar-refractivity contribution >= 4 is 27.5 Å². The number of halogens is 3. The van der Waals surface area contributed by atoms with Crippen molar-refractivity contribution in [1.82, 2.24) is 0 Å². The van der Waals surface area contributed by atoms with E-state index >= 15 is 0 Å². The summed E-state index contributed by atoms with van der Waals surface area (Å²) in [5.74, 6) is -0.460. The molecule has 1 atom stereocenters. The van der Waals surface area contributed by atoms with Crippen molar-refractivity contribution in [3.05, 3.63) is 68.4 Å². The molecule has 0 saturated carbocycles. The third-order valence-corrected chi connectivity index (χ3v) is 4.32. The number of aliphatic hydroxyl groups excluding tert-OH is 1. The second-order valence-corrected chi connectivity index (χ2v) is 5.67. The Labute approximate surface area is 125 Å². The first-order valence-electron chi connectivity index (χ1n) is 5.86. The summed E-state index contributed by atoms with van der Waals surface area (Å²) in [5.41, 5.74) is 2.44. The Morgan fingerprint density at radius 1 is 1.32 bits per heavy atom. The molecule has 0 heterocycles. The maximum atomic E-state index is 13.3. The van der Waals surface area contributed by atoms with Gasteiger partial charge in [0.2, 0.25) is 0 Å². The van der Waals surface area contributed by atoms with Gasteiger partial charge in [-0.3, -0.25) is 0 Å². The maximum absolute atomic E-state index is 13.3. The normalized spacial score (nSPS) is 12.5. The molecule has 1 nitrogen and oxygen atoms in total. The molecule has 0 aromatic heterocycles. The van der Waals surface area contributed by atoms with Crippen molar-refractivity contribution < 1.29 is 9.50 Å². The fourth-order valence-electron chi connectivity index (χ4n) is 1.91. The predicted octanol–water partition coefficient (Wildman–Crippen LogP) is 4.83. The predicted molar refractivity (Wildman–Crippen MR) is 79.0 cm³/mol. The molecule has 2 rings (SSSR count). The summed E-state index contributed by atoms with van der Waals surface area (Å²) >= 11 is 9.30. The molecule has 0 radical (unpaired) electrons. The molecule has 1 unspecified atom stereocenters. The molecule has 19 heavy (non-hydrogen) atoms. The SMILES string of the molecule is Cc1cc(C(O)Cc2cccc(F)c2Cl)ccc1Br. The molecule has 0 amide bonds. The fourth-order valence-corrected chi connectivity index (χ4v) is 2.36. The van der Waals surface area contributed by atoms with Gasteiger partial charge in [0.05, 0.1) is 11.1 Å². The molecular weight excluding hydrogens is 331 g/mol. The standard InChI is InChI=1S/C15H13BrClFO/c1-9-7-10(5-6-12(9)16)14(19)8-11-3-2-4-13(18)15(11)17/h2-7,14,19H,8H2,1H3. The largest absolute Gasteiger partial charge is 0.388 e. The highest BCUT2D eigenvalue weighted by Gasteiger charge is 2.13. The van der Waals surface area contributed by atoms with Crippen LogP contribution in [0, 0.1) is 12.7 Å². The zero-order chi connectivity index (χ0) is 14.0. The van der Waals surface area contributed by atoms with E-state index in [1.807, 2.05) is 25.1 Å². The molecule has 0 spiro atoms. The first-order chi connectivity index (χ1) is 8.99. The fraction of sp³-hybridized carbons (Fsp3) is 0.200.